The van der Waals surface area contributed by atoms with Gasteiger partial charge >= 0.3 is 11.9 Å². The lowest BCUT2D eigenvalue weighted by Gasteiger charge is -2.16. The monoisotopic (exact) mass is 444 g/mol. The van der Waals surface area contributed by atoms with Crippen molar-refractivity contribution in [1.82, 2.24) is 0 Å². The van der Waals surface area contributed by atoms with Gasteiger partial charge < -0.3 is 20.8 Å². The van der Waals surface area contributed by atoms with Crippen molar-refractivity contribution >= 4 is 57.9 Å². The van der Waals surface area contributed by atoms with Gasteiger partial charge in [-0.1, -0.05) is 35.3 Å². The molecule has 0 aliphatic heterocycles. The number of anilines is 4. The molecule has 0 saturated heterocycles. The van der Waals surface area contributed by atoms with E-state index in [9.17, 15) is 19.8 Å². The summed E-state index contributed by atoms with van der Waals surface area (Å²) in [7, 11) is 0. The molecule has 0 radical (unpaired) electrons. The average Bonchev–Trinajstić information content (AvgIpc) is 2.68. The zero-order valence-electron chi connectivity index (χ0n) is 16.1. The van der Waals surface area contributed by atoms with Gasteiger partial charge in [0.05, 0.1) is 22.5 Å². The zero-order valence-corrected chi connectivity index (χ0v) is 17.6. The highest BCUT2D eigenvalue weighted by molar-refractivity contribution is 6.32. The summed E-state index contributed by atoms with van der Waals surface area (Å²) in [6.45, 7) is 3.68. The fraction of sp³-hybridized carbons (Fsp3) is 0.0909. The van der Waals surface area contributed by atoms with E-state index in [0.29, 0.717) is 21.4 Å². The van der Waals surface area contributed by atoms with E-state index in [4.69, 9.17) is 23.2 Å². The first-order chi connectivity index (χ1) is 14.2. The molecule has 0 spiro atoms. The molecule has 0 bridgehead atoms. The number of benzene rings is 3. The molecule has 0 aliphatic rings. The lowest BCUT2D eigenvalue weighted by molar-refractivity contribution is 0.0683. The molecular formula is C22H18Cl2N2O4. The molecule has 0 unspecified atom stereocenters. The molecule has 30 heavy (non-hydrogen) atoms. The van der Waals surface area contributed by atoms with Crippen LogP contribution in [0.3, 0.4) is 0 Å². The fourth-order valence-corrected chi connectivity index (χ4v) is 3.17. The quantitative estimate of drug-likeness (QED) is 0.346. The van der Waals surface area contributed by atoms with Crippen molar-refractivity contribution in [3.05, 3.63) is 80.8 Å². The summed E-state index contributed by atoms with van der Waals surface area (Å²) in [5, 5.41) is 26.3. The molecule has 0 fully saturated rings. The van der Waals surface area contributed by atoms with Gasteiger partial charge in [0.25, 0.3) is 0 Å². The number of aryl methyl sites for hydroxylation is 2. The SMILES string of the molecule is Cc1ccc(Nc2cc(C(=O)O)c(Nc3ccc(C)c(Cl)c3)cc2C(=O)O)cc1Cl. The van der Waals surface area contributed by atoms with Crippen molar-refractivity contribution in [3.63, 3.8) is 0 Å². The molecule has 0 heterocycles. The summed E-state index contributed by atoms with van der Waals surface area (Å²) in [6, 6.07) is 12.9. The van der Waals surface area contributed by atoms with Crippen molar-refractivity contribution in [2.75, 3.05) is 10.6 Å². The lowest BCUT2D eigenvalue weighted by atomic mass is 10.0. The standard InChI is InChI=1S/C22H18Cl2N2O4/c1-11-3-5-13(7-17(11)23)25-19-9-16(22(29)30)20(10-15(19)21(27)28)26-14-6-4-12(2)18(24)8-14/h3-10,25-26H,1-2H3,(H,27,28)(H,29,30). The Morgan fingerprint density at radius 3 is 1.37 bits per heavy atom. The maximum atomic E-state index is 11.9. The summed E-state index contributed by atoms with van der Waals surface area (Å²) in [4.78, 5) is 23.7. The molecule has 8 heteroatoms. The predicted octanol–water partition coefficient (Wildman–Crippen LogP) is 6.49. The van der Waals surface area contributed by atoms with Crippen LogP contribution < -0.4 is 10.6 Å². The van der Waals surface area contributed by atoms with Crippen LogP contribution in [0.4, 0.5) is 22.7 Å². The van der Waals surface area contributed by atoms with E-state index in [1.54, 1.807) is 36.4 Å². The summed E-state index contributed by atoms with van der Waals surface area (Å²) in [5.74, 6) is -2.42. The summed E-state index contributed by atoms with van der Waals surface area (Å²) >= 11 is 12.3. The van der Waals surface area contributed by atoms with Crippen LogP contribution in [0.25, 0.3) is 0 Å². The van der Waals surface area contributed by atoms with E-state index in [0.717, 1.165) is 11.1 Å². The number of hydrogen-bond donors (Lipinski definition) is 4. The minimum absolute atomic E-state index is 0.0996. The van der Waals surface area contributed by atoms with Gasteiger partial charge in [0.1, 0.15) is 0 Å². The Balaban J connectivity index is 2.06. The van der Waals surface area contributed by atoms with E-state index in [-0.39, 0.29) is 22.5 Å². The van der Waals surface area contributed by atoms with Crippen molar-refractivity contribution in [3.8, 4) is 0 Å². The first kappa shape index (κ1) is 21.5. The maximum Gasteiger partial charge on any atom is 0.337 e. The van der Waals surface area contributed by atoms with Crippen molar-refractivity contribution in [1.29, 1.82) is 0 Å². The Morgan fingerprint density at radius 1 is 0.700 bits per heavy atom. The minimum atomic E-state index is -1.21. The van der Waals surface area contributed by atoms with Gasteiger partial charge in [-0.2, -0.15) is 0 Å². The highest BCUT2D eigenvalue weighted by Gasteiger charge is 2.19. The van der Waals surface area contributed by atoms with E-state index in [2.05, 4.69) is 10.6 Å². The lowest BCUT2D eigenvalue weighted by Crippen LogP contribution is -2.09. The predicted molar refractivity (Wildman–Crippen MR) is 119 cm³/mol. The van der Waals surface area contributed by atoms with Crippen LogP contribution in [-0.2, 0) is 0 Å². The number of aromatic carboxylic acids is 2. The normalized spacial score (nSPS) is 10.5. The van der Waals surface area contributed by atoms with Gasteiger partial charge in [-0.15, -0.1) is 0 Å². The Hall–Kier alpha value is -3.22. The van der Waals surface area contributed by atoms with Crippen LogP contribution in [0.15, 0.2) is 48.5 Å². The molecule has 3 rings (SSSR count). The second-order valence-electron chi connectivity index (χ2n) is 6.73. The average molecular weight is 445 g/mol. The Bertz CT molecular complexity index is 1070. The number of hydrogen-bond acceptors (Lipinski definition) is 4. The minimum Gasteiger partial charge on any atom is -0.478 e. The smallest absolute Gasteiger partial charge is 0.337 e. The maximum absolute atomic E-state index is 11.9. The van der Waals surface area contributed by atoms with Crippen LogP contribution >= 0.6 is 23.2 Å². The third-order valence-corrected chi connectivity index (χ3v) is 5.33. The van der Waals surface area contributed by atoms with Gasteiger partial charge in [0.2, 0.25) is 0 Å². The number of nitrogens with one attached hydrogen (secondary N) is 2. The summed E-state index contributed by atoms with van der Waals surface area (Å²) in [6.07, 6.45) is 0. The van der Waals surface area contributed by atoms with Crippen LogP contribution in [-0.4, -0.2) is 22.2 Å². The number of rotatable bonds is 6. The first-order valence-electron chi connectivity index (χ1n) is 8.86. The fourth-order valence-electron chi connectivity index (χ4n) is 2.81. The van der Waals surface area contributed by atoms with Crippen LogP contribution in [0, 0.1) is 13.8 Å². The second kappa shape index (κ2) is 8.65. The third kappa shape index (κ3) is 4.67. The van der Waals surface area contributed by atoms with Gasteiger partial charge in [-0.3, -0.25) is 0 Å². The second-order valence-corrected chi connectivity index (χ2v) is 7.55. The van der Waals surface area contributed by atoms with E-state index < -0.39 is 11.9 Å². The van der Waals surface area contributed by atoms with E-state index in [1.807, 2.05) is 13.8 Å². The van der Waals surface area contributed by atoms with E-state index >= 15 is 0 Å². The number of carbonyl (C=O) groups is 2. The van der Waals surface area contributed by atoms with Crippen LogP contribution in [0.5, 0.6) is 0 Å². The van der Waals surface area contributed by atoms with E-state index in [1.165, 1.54) is 12.1 Å². The topological polar surface area (TPSA) is 98.7 Å². The molecule has 0 atom stereocenters. The molecular weight excluding hydrogens is 427 g/mol. The summed E-state index contributed by atoms with van der Waals surface area (Å²) < 4.78 is 0. The molecule has 0 amide bonds. The molecule has 4 N–H and O–H groups in total. The number of halogens is 2. The highest BCUT2D eigenvalue weighted by Crippen LogP contribution is 2.32. The van der Waals surface area contributed by atoms with Crippen LogP contribution in [0.1, 0.15) is 31.8 Å². The van der Waals surface area contributed by atoms with Gasteiger partial charge in [-0.05, 0) is 61.4 Å². The van der Waals surface area contributed by atoms with Crippen molar-refractivity contribution in [2.45, 2.75) is 13.8 Å². The Kier molecular flexibility index (Phi) is 6.20. The highest BCUT2D eigenvalue weighted by atomic mass is 35.5. The molecule has 0 aromatic heterocycles. The number of carboxylic acids is 2. The van der Waals surface area contributed by atoms with Crippen molar-refractivity contribution < 1.29 is 19.8 Å². The molecule has 0 aliphatic carbocycles. The third-order valence-electron chi connectivity index (χ3n) is 4.52. The molecule has 6 nitrogen and oxygen atoms in total. The number of carboxylic acid groups (broad SMARTS) is 2. The Labute approximate surface area is 183 Å². The molecule has 3 aromatic rings. The largest absolute Gasteiger partial charge is 0.478 e. The Morgan fingerprint density at radius 2 is 1.07 bits per heavy atom. The van der Waals surface area contributed by atoms with Gasteiger partial charge in [0, 0.05) is 21.4 Å². The zero-order chi connectivity index (χ0) is 22.0. The van der Waals surface area contributed by atoms with Gasteiger partial charge in [-0.25, -0.2) is 9.59 Å². The van der Waals surface area contributed by atoms with Gasteiger partial charge in [0.15, 0.2) is 0 Å². The summed E-state index contributed by atoms with van der Waals surface area (Å²) in [5.41, 5.74) is 2.87. The molecule has 3 aromatic carbocycles. The van der Waals surface area contributed by atoms with Crippen molar-refractivity contribution in [2.24, 2.45) is 0 Å². The molecule has 154 valence electrons. The first-order valence-corrected chi connectivity index (χ1v) is 9.62. The van der Waals surface area contributed by atoms with Crippen LogP contribution in [0.2, 0.25) is 10.0 Å². The molecule has 0 saturated carbocycles.